The van der Waals surface area contributed by atoms with E-state index < -0.39 is 36.0 Å². The van der Waals surface area contributed by atoms with Crippen molar-refractivity contribution in [3.05, 3.63) is 0 Å². The average molecular weight is 447 g/mol. The van der Waals surface area contributed by atoms with Crippen molar-refractivity contribution < 1.29 is 245 Å². The Morgan fingerprint density at radius 1 is 0.625 bits per heavy atom. The SMILES string of the molecule is N[C@@H](CCC(=O)[O-])C(=O)[O-].N[C@@H](CCC(=O)[O-])C(=O)[O-].[K+].[K+].[K+].[K+]. The normalized spacial score (nSPS) is 10.4. The molecule has 0 aliphatic heterocycles. The zero-order chi connectivity index (χ0) is 16.3. The number of carbonyl (C=O) groups excluding carboxylic acids is 4. The summed E-state index contributed by atoms with van der Waals surface area (Å²) in [4.78, 5) is 39.2. The molecular weight excluding hydrogens is 433 g/mol. The molecule has 0 spiro atoms. The van der Waals surface area contributed by atoms with Crippen LogP contribution in [0.2, 0.25) is 0 Å². The third-order valence-corrected chi connectivity index (χ3v) is 1.92. The minimum atomic E-state index is -1.44. The summed E-state index contributed by atoms with van der Waals surface area (Å²) in [6.07, 6.45) is -1.00. The Morgan fingerprint density at radius 3 is 0.958 bits per heavy atom. The minimum Gasteiger partial charge on any atom is -0.550 e. The molecule has 14 heteroatoms. The zero-order valence-electron chi connectivity index (χ0n) is 14.4. The first-order valence-corrected chi connectivity index (χ1v) is 5.40. The first-order valence-electron chi connectivity index (χ1n) is 5.40. The maximum Gasteiger partial charge on any atom is 1.00 e. The molecule has 4 N–H and O–H groups in total. The zero-order valence-corrected chi connectivity index (χ0v) is 26.9. The van der Waals surface area contributed by atoms with Gasteiger partial charge in [-0.1, -0.05) is 0 Å². The summed E-state index contributed by atoms with van der Waals surface area (Å²) in [5.41, 5.74) is 9.82. The Kier molecular flexibility index (Phi) is 48.4. The molecule has 0 aromatic rings. The molecule has 2 atom stereocenters. The van der Waals surface area contributed by atoms with E-state index in [-0.39, 0.29) is 231 Å². The number of rotatable bonds is 8. The maximum absolute atomic E-state index is 9.86. The first kappa shape index (κ1) is 42.4. The van der Waals surface area contributed by atoms with E-state index in [0.717, 1.165) is 0 Å². The Bertz CT molecular complexity index is 339. The minimum absolute atomic E-state index is 0. The molecule has 0 bridgehead atoms. The second-order valence-electron chi connectivity index (χ2n) is 3.67. The van der Waals surface area contributed by atoms with Gasteiger partial charge in [0.25, 0.3) is 0 Å². The molecule has 0 aromatic carbocycles. The number of hydrogen-bond acceptors (Lipinski definition) is 10. The molecule has 24 heavy (non-hydrogen) atoms. The van der Waals surface area contributed by atoms with E-state index in [2.05, 4.69) is 0 Å². The summed E-state index contributed by atoms with van der Waals surface area (Å²) < 4.78 is 0. The van der Waals surface area contributed by atoms with Crippen LogP contribution in [0.4, 0.5) is 0 Å². The van der Waals surface area contributed by atoms with E-state index in [4.69, 9.17) is 11.5 Å². The smallest absolute Gasteiger partial charge is 0.550 e. The predicted molar refractivity (Wildman–Crippen MR) is 54.4 cm³/mol. The van der Waals surface area contributed by atoms with Crippen LogP contribution < -0.4 is 237 Å². The summed E-state index contributed by atoms with van der Waals surface area (Å²) in [5, 5.41) is 39.2. The molecule has 116 valence electrons. The van der Waals surface area contributed by atoms with Crippen LogP contribution in [0.5, 0.6) is 0 Å². The second-order valence-corrected chi connectivity index (χ2v) is 3.67. The number of aliphatic carboxylic acids is 4. The monoisotopic (exact) mass is 446 g/mol. The van der Waals surface area contributed by atoms with E-state index in [0.29, 0.717) is 0 Å². The molecule has 10 nitrogen and oxygen atoms in total. The fraction of sp³-hybridized carbons (Fsp3) is 0.600. The third-order valence-electron chi connectivity index (χ3n) is 1.92. The Morgan fingerprint density at radius 2 is 0.833 bits per heavy atom. The van der Waals surface area contributed by atoms with Crippen molar-refractivity contribution in [2.45, 2.75) is 37.8 Å². The summed E-state index contributed by atoms with van der Waals surface area (Å²) in [6.45, 7) is 0. The first-order chi connectivity index (χ1) is 9.07. The van der Waals surface area contributed by atoms with Crippen LogP contribution in [0.3, 0.4) is 0 Å². The second kappa shape index (κ2) is 27.3. The Balaban J connectivity index is -0.0000000579. The van der Waals surface area contributed by atoms with E-state index >= 15 is 0 Å². The molecule has 0 unspecified atom stereocenters. The van der Waals surface area contributed by atoms with E-state index in [9.17, 15) is 39.6 Å². The van der Waals surface area contributed by atoms with Crippen LogP contribution in [0.25, 0.3) is 0 Å². The van der Waals surface area contributed by atoms with Crippen LogP contribution in [-0.2, 0) is 19.2 Å². The van der Waals surface area contributed by atoms with Gasteiger partial charge in [-0.05, 0) is 25.7 Å². The van der Waals surface area contributed by atoms with Crippen LogP contribution in [0.15, 0.2) is 0 Å². The van der Waals surface area contributed by atoms with Gasteiger partial charge in [0.15, 0.2) is 0 Å². The van der Waals surface area contributed by atoms with Crippen molar-refractivity contribution in [2.75, 3.05) is 0 Å². The van der Waals surface area contributed by atoms with Crippen molar-refractivity contribution in [1.29, 1.82) is 0 Å². The van der Waals surface area contributed by atoms with Gasteiger partial charge in [0.2, 0.25) is 0 Å². The Hall–Kier alpha value is 4.35. The summed E-state index contributed by atoms with van der Waals surface area (Å²) >= 11 is 0. The van der Waals surface area contributed by atoms with Gasteiger partial charge in [0.1, 0.15) is 0 Å². The van der Waals surface area contributed by atoms with Crippen molar-refractivity contribution in [2.24, 2.45) is 11.5 Å². The largest absolute Gasteiger partial charge is 1.00 e. The third kappa shape index (κ3) is 33.9. The van der Waals surface area contributed by atoms with Crippen LogP contribution >= 0.6 is 0 Å². The van der Waals surface area contributed by atoms with Crippen LogP contribution in [0.1, 0.15) is 25.7 Å². The fourth-order valence-electron chi connectivity index (χ4n) is 0.782. The maximum atomic E-state index is 9.86. The van der Waals surface area contributed by atoms with Gasteiger partial charge in [0, 0.05) is 24.0 Å². The van der Waals surface area contributed by atoms with Crippen molar-refractivity contribution in [3.8, 4) is 0 Å². The standard InChI is InChI=1S/2C5H9NO4.4K/c2*6-3(5(9)10)1-2-4(7)8;;;;/h2*3H,1-2,6H2,(H,7,8)(H,9,10);;;;/q;;4*+1/p-4/t2*3-;;;;/m00..../s1. The molecule has 0 saturated carbocycles. The van der Waals surface area contributed by atoms with Gasteiger partial charge in [-0.2, -0.15) is 0 Å². The Labute approximate surface area is 309 Å². The summed E-state index contributed by atoms with van der Waals surface area (Å²) in [6, 6.07) is -2.42. The fourth-order valence-corrected chi connectivity index (χ4v) is 0.782. The number of hydrogen-bond donors (Lipinski definition) is 2. The number of nitrogens with two attached hydrogens (primary N) is 2. The van der Waals surface area contributed by atoms with Crippen molar-refractivity contribution in [1.82, 2.24) is 0 Å². The van der Waals surface area contributed by atoms with E-state index in [1.165, 1.54) is 0 Å². The molecule has 0 amide bonds. The summed E-state index contributed by atoms with van der Waals surface area (Å²) in [5.74, 6) is -5.50. The average Bonchev–Trinajstić information content (AvgIpc) is 2.33. The molecule has 0 rings (SSSR count). The molecule has 0 aromatic heterocycles. The van der Waals surface area contributed by atoms with Crippen molar-refractivity contribution >= 4 is 23.9 Å². The molecule has 0 fully saturated rings. The number of carboxylic acid groups (broad SMARTS) is 4. The van der Waals surface area contributed by atoms with E-state index in [1.807, 2.05) is 0 Å². The van der Waals surface area contributed by atoms with Gasteiger partial charge < -0.3 is 51.1 Å². The van der Waals surface area contributed by atoms with Crippen LogP contribution in [0, 0.1) is 0 Å². The molecule has 0 aliphatic rings. The van der Waals surface area contributed by atoms with Gasteiger partial charge in [-0.15, -0.1) is 0 Å². The van der Waals surface area contributed by atoms with Gasteiger partial charge >= 0.3 is 206 Å². The predicted octanol–water partition coefficient (Wildman–Crippen LogP) is -18.8. The van der Waals surface area contributed by atoms with Gasteiger partial charge in [-0.25, -0.2) is 0 Å². The quantitative estimate of drug-likeness (QED) is 0.336. The molecule has 0 saturated heterocycles. The van der Waals surface area contributed by atoms with Gasteiger partial charge in [-0.3, -0.25) is 0 Å². The molecule has 0 heterocycles. The number of carboxylic acids is 4. The molecule has 0 aliphatic carbocycles. The number of carbonyl (C=O) groups is 4. The van der Waals surface area contributed by atoms with E-state index in [1.54, 1.807) is 0 Å². The van der Waals surface area contributed by atoms with Gasteiger partial charge in [0.05, 0.1) is 11.9 Å². The van der Waals surface area contributed by atoms with Crippen LogP contribution in [-0.4, -0.2) is 36.0 Å². The molecular formula is C10H14K4N2O8. The molecule has 0 radical (unpaired) electrons. The van der Waals surface area contributed by atoms with Crippen molar-refractivity contribution in [3.63, 3.8) is 0 Å². The summed E-state index contributed by atoms with van der Waals surface area (Å²) in [7, 11) is 0. The topological polar surface area (TPSA) is 213 Å².